The van der Waals surface area contributed by atoms with Gasteiger partial charge in [-0.05, 0) is 30.7 Å². The summed E-state index contributed by atoms with van der Waals surface area (Å²) in [5, 5.41) is 0. The Morgan fingerprint density at radius 2 is 1.81 bits per heavy atom. The Kier molecular flexibility index (Phi) is 3.29. The number of amides is 1. The first kappa shape index (κ1) is 14.5. The van der Waals surface area contributed by atoms with Crippen LogP contribution in [0.4, 0.5) is 4.39 Å². The summed E-state index contributed by atoms with van der Waals surface area (Å²) in [4.78, 5) is 13.2. The van der Waals surface area contributed by atoms with Gasteiger partial charge in [-0.2, -0.15) is 4.31 Å². The minimum Gasteiger partial charge on any atom is -0.342 e. The van der Waals surface area contributed by atoms with Gasteiger partial charge < -0.3 is 4.90 Å². The number of benzene rings is 1. The van der Waals surface area contributed by atoms with E-state index in [1.54, 1.807) is 4.90 Å². The van der Waals surface area contributed by atoms with Crippen molar-refractivity contribution in [2.45, 2.75) is 18.2 Å². The molecule has 2 aliphatic heterocycles. The zero-order valence-electron chi connectivity index (χ0n) is 11.8. The van der Waals surface area contributed by atoms with Gasteiger partial charge in [-0.1, -0.05) is 0 Å². The van der Waals surface area contributed by atoms with Crippen LogP contribution >= 0.6 is 0 Å². The van der Waals surface area contributed by atoms with Gasteiger partial charge in [0.2, 0.25) is 15.9 Å². The van der Waals surface area contributed by atoms with Crippen molar-refractivity contribution in [2.75, 3.05) is 26.2 Å². The van der Waals surface area contributed by atoms with Gasteiger partial charge in [0.25, 0.3) is 0 Å². The molecule has 0 atom stereocenters. The Bertz CT molecular complexity index is 666. The highest BCUT2D eigenvalue weighted by atomic mass is 32.2. The van der Waals surface area contributed by atoms with E-state index in [0.29, 0.717) is 26.2 Å². The van der Waals surface area contributed by atoms with Gasteiger partial charge in [-0.15, -0.1) is 0 Å². The predicted molar refractivity (Wildman–Crippen MR) is 74.5 cm³/mol. The molecule has 0 N–H and O–H groups in total. The third-order valence-corrected chi connectivity index (χ3v) is 6.16. The molecule has 0 saturated carbocycles. The van der Waals surface area contributed by atoms with Crippen LogP contribution < -0.4 is 0 Å². The lowest BCUT2D eigenvalue weighted by molar-refractivity contribution is -0.128. The summed E-state index contributed by atoms with van der Waals surface area (Å²) in [6.45, 7) is 3.70. The van der Waals surface area contributed by atoms with E-state index in [0.717, 1.165) is 18.6 Å². The molecule has 114 valence electrons. The van der Waals surface area contributed by atoms with E-state index in [4.69, 9.17) is 0 Å². The minimum atomic E-state index is -3.56. The summed E-state index contributed by atoms with van der Waals surface area (Å²) in [6, 6.07) is 4.86. The van der Waals surface area contributed by atoms with Crippen LogP contribution in [0.5, 0.6) is 0 Å². The Morgan fingerprint density at radius 1 is 1.19 bits per heavy atom. The van der Waals surface area contributed by atoms with E-state index in [1.807, 2.05) is 0 Å². The molecule has 0 aliphatic carbocycles. The second kappa shape index (κ2) is 4.78. The average Bonchev–Trinajstić information content (AvgIpc) is 2.83. The molecule has 0 aromatic heterocycles. The molecule has 2 fully saturated rings. The lowest BCUT2D eigenvalue weighted by atomic mass is 9.81. The number of hydrogen-bond acceptors (Lipinski definition) is 3. The van der Waals surface area contributed by atoms with E-state index >= 15 is 0 Å². The highest BCUT2D eigenvalue weighted by Gasteiger charge is 2.52. The van der Waals surface area contributed by atoms with E-state index in [9.17, 15) is 17.6 Å². The molecule has 1 aromatic rings. The van der Waals surface area contributed by atoms with Gasteiger partial charge in [0.15, 0.2) is 0 Å². The van der Waals surface area contributed by atoms with E-state index in [2.05, 4.69) is 0 Å². The van der Waals surface area contributed by atoms with Crippen molar-refractivity contribution >= 4 is 15.9 Å². The van der Waals surface area contributed by atoms with E-state index in [-0.39, 0.29) is 16.2 Å². The number of nitrogens with zero attached hydrogens (tertiary/aromatic N) is 2. The third-order valence-electron chi connectivity index (χ3n) is 4.36. The summed E-state index contributed by atoms with van der Waals surface area (Å²) in [7, 11) is -3.56. The summed E-state index contributed by atoms with van der Waals surface area (Å²) in [5.74, 6) is -0.423. The Labute approximate surface area is 123 Å². The number of sulfonamides is 1. The molecule has 0 bridgehead atoms. The highest BCUT2D eigenvalue weighted by molar-refractivity contribution is 7.89. The van der Waals surface area contributed by atoms with Gasteiger partial charge in [0.05, 0.1) is 4.90 Å². The molecule has 0 unspecified atom stereocenters. The fourth-order valence-electron chi connectivity index (χ4n) is 3.09. The molecule has 7 heteroatoms. The van der Waals surface area contributed by atoms with Gasteiger partial charge in [0, 0.05) is 38.5 Å². The molecule has 5 nitrogen and oxygen atoms in total. The fraction of sp³-hybridized carbons (Fsp3) is 0.500. The van der Waals surface area contributed by atoms with Gasteiger partial charge in [0.1, 0.15) is 5.82 Å². The molecule has 1 amide bonds. The van der Waals surface area contributed by atoms with Gasteiger partial charge >= 0.3 is 0 Å². The normalized spacial score (nSPS) is 21.5. The third kappa shape index (κ3) is 2.44. The standard InChI is InChI=1S/C14H17FN2O3S/c1-11(18)16-7-6-14(8-16)9-17(10-14)21(19,20)13-4-2-12(15)3-5-13/h2-5H,6-10H2,1H3. The van der Waals surface area contributed by atoms with Crippen molar-refractivity contribution in [3.8, 4) is 0 Å². The zero-order valence-corrected chi connectivity index (χ0v) is 12.6. The first-order chi connectivity index (χ1) is 9.82. The van der Waals surface area contributed by atoms with Crippen molar-refractivity contribution in [1.29, 1.82) is 0 Å². The molecule has 1 spiro atoms. The van der Waals surface area contributed by atoms with Crippen molar-refractivity contribution < 1.29 is 17.6 Å². The Hall–Kier alpha value is -1.47. The summed E-state index contributed by atoms with van der Waals surface area (Å²) < 4.78 is 39.1. The fourth-order valence-corrected chi connectivity index (χ4v) is 4.76. The predicted octanol–water partition coefficient (Wildman–Crippen LogP) is 1.07. The Balaban J connectivity index is 1.71. The number of hydrogen-bond donors (Lipinski definition) is 0. The molecular formula is C14H17FN2O3S. The number of carbonyl (C=O) groups excluding carboxylic acids is 1. The summed E-state index contributed by atoms with van der Waals surface area (Å²) in [6.07, 6.45) is 0.835. The maximum absolute atomic E-state index is 12.9. The van der Waals surface area contributed by atoms with Crippen LogP contribution in [0.3, 0.4) is 0 Å². The van der Waals surface area contributed by atoms with Crippen LogP contribution in [0.1, 0.15) is 13.3 Å². The SMILES string of the molecule is CC(=O)N1CCC2(C1)CN(S(=O)(=O)c1ccc(F)cc1)C2. The zero-order chi connectivity index (χ0) is 15.3. The van der Waals surface area contributed by atoms with Crippen molar-refractivity contribution in [1.82, 2.24) is 9.21 Å². The van der Waals surface area contributed by atoms with Crippen LogP contribution in [-0.4, -0.2) is 49.7 Å². The highest BCUT2D eigenvalue weighted by Crippen LogP contribution is 2.42. The van der Waals surface area contributed by atoms with Crippen LogP contribution in [0.25, 0.3) is 0 Å². The molecular weight excluding hydrogens is 295 g/mol. The topological polar surface area (TPSA) is 57.7 Å². The molecule has 2 aliphatic rings. The van der Waals surface area contributed by atoms with Crippen LogP contribution in [0.2, 0.25) is 0 Å². The van der Waals surface area contributed by atoms with Crippen molar-refractivity contribution in [3.63, 3.8) is 0 Å². The quantitative estimate of drug-likeness (QED) is 0.821. The van der Waals surface area contributed by atoms with E-state index in [1.165, 1.54) is 23.4 Å². The van der Waals surface area contributed by atoms with Crippen LogP contribution in [-0.2, 0) is 14.8 Å². The molecule has 0 radical (unpaired) electrons. The number of carbonyl (C=O) groups is 1. The summed E-state index contributed by atoms with van der Waals surface area (Å²) >= 11 is 0. The first-order valence-corrected chi connectivity index (χ1v) is 8.28. The Morgan fingerprint density at radius 3 is 2.33 bits per heavy atom. The second-order valence-electron chi connectivity index (χ2n) is 5.92. The monoisotopic (exact) mass is 312 g/mol. The van der Waals surface area contributed by atoms with Crippen molar-refractivity contribution in [2.24, 2.45) is 5.41 Å². The van der Waals surface area contributed by atoms with Gasteiger partial charge in [-0.3, -0.25) is 4.79 Å². The maximum atomic E-state index is 12.9. The van der Waals surface area contributed by atoms with E-state index < -0.39 is 15.8 Å². The lowest BCUT2D eigenvalue weighted by Gasteiger charge is -2.46. The molecule has 3 rings (SSSR count). The van der Waals surface area contributed by atoms with Crippen LogP contribution in [0.15, 0.2) is 29.2 Å². The maximum Gasteiger partial charge on any atom is 0.243 e. The molecule has 2 saturated heterocycles. The smallest absolute Gasteiger partial charge is 0.243 e. The van der Waals surface area contributed by atoms with Crippen molar-refractivity contribution in [3.05, 3.63) is 30.1 Å². The molecule has 21 heavy (non-hydrogen) atoms. The number of likely N-dealkylation sites (tertiary alicyclic amines) is 1. The minimum absolute atomic E-state index is 0.0340. The average molecular weight is 312 g/mol. The lowest BCUT2D eigenvalue weighted by Crippen LogP contribution is -2.59. The first-order valence-electron chi connectivity index (χ1n) is 6.84. The molecule has 2 heterocycles. The molecule has 1 aromatic carbocycles. The van der Waals surface area contributed by atoms with Crippen LogP contribution in [0, 0.1) is 11.2 Å². The summed E-state index contributed by atoms with van der Waals surface area (Å²) in [5.41, 5.74) is -0.0984. The largest absolute Gasteiger partial charge is 0.342 e. The number of halogens is 1. The second-order valence-corrected chi connectivity index (χ2v) is 7.86. The number of rotatable bonds is 2. The van der Waals surface area contributed by atoms with Gasteiger partial charge in [-0.25, -0.2) is 12.8 Å².